The van der Waals surface area contributed by atoms with Gasteiger partial charge in [0.05, 0.1) is 0 Å². The highest BCUT2D eigenvalue weighted by atomic mass is 14.5. The lowest BCUT2D eigenvalue weighted by molar-refractivity contribution is 0.101. The standard InChI is InChI=1S/C26H30/c1-18-4-7-21(8-5-18)25-10-13-26(14-11-25,15-12-25)24-9-6-20(3)22-16-19(2)17-23(22)24/h4-9,16H,10-15,17H2,1-3H3. The second-order valence-electron chi connectivity index (χ2n) is 9.42. The fourth-order valence-electron chi connectivity index (χ4n) is 6.18. The van der Waals surface area contributed by atoms with Gasteiger partial charge >= 0.3 is 0 Å². The number of aryl methyl sites for hydroxylation is 2. The number of hydrogen-bond acceptors (Lipinski definition) is 0. The molecule has 0 radical (unpaired) electrons. The van der Waals surface area contributed by atoms with Gasteiger partial charge in [-0.25, -0.2) is 0 Å². The van der Waals surface area contributed by atoms with Gasteiger partial charge in [-0.2, -0.15) is 0 Å². The number of allylic oxidation sites excluding steroid dienone is 1. The van der Waals surface area contributed by atoms with Crippen molar-refractivity contribution >= 4 is 6.08 Å². The maximum Gasteiger partial charge on any atom is -0.00429 e. The van der Waals surface area contributed by atoms with Crippen molar-refractivity contribution < 1.29 is 0 Å². The third-order valence-electron chi connectivity index (χ3n) is 7.90. The van der Waals surface area contributed by atoms with Crippen LogP contribution in [0.3, 0.4) is 0 Å². The highest BCUT2D eigenvalue weighted by Gasteiger charge is 2.50. The number of hydrogen-bond donors (Lipinski definition) is 0. The average Bonchev–Trinajstić information content (AvgIpc) is 3.06. The highest BCUT2D eigenvalue weighted by molar-refractivity contribution is 5.69. The summed E-state index contributed by atoms with van der Waals surface area (Å²) in [5.41, 5.74) is 11.8. The highest BCUT2D eigenvalue weighted by Crippen LogP contribution is 2.59. The van der Waals surface area contributed by atoms with E-state index < -0.39 is 0 Å². The van der Waals surface area contributed by atoms with E-state index >= 15 is 0 Å². The summed E-state index contributed by atoms with van der Waals surface area (Å²) in [6.07, 6.45) is 11.8. The molecule has 0 aromatic heterocycles. The van der Waals surface area contributed by atoms with Gasteiger partial charge in [-0.15, -0.1) is 0 Å². The molecule has 0 N–H and O–H groups in total. The van der Waals surface area contributed by atoms with Crippen molar-refractivity contribution in [1.29, 1.82) is 0 Å². The first kappa shape index (κ1) is 16.4. The van der Waals surface area contributed by atoms with Crippen LogP contribution in [0.25, 0.3) is 6.08 Å². The molecule has 0 saturated heterocycles. The van der Waals surface area contributed by atoms with E-state index in [0.29, 0.717) is 10.8 Å². The molecule has 2 bridgehead atoms. The molecule has 6 rings (SSSR count). The summed E-state index contributed by atoms with van der Waals surface area (Å²) < 4.78 is 0. The van der Waals surface area contributed by atoms with Crippen LogP contribution in [0.2, 0.25) is 0 Å². The Balaban J connectivity index is 1.49. The summed E-state index contributed by atoms with van der Waals surface area (Å²) in [4.78, 5) is 0. The SMILES string of the molecule is CC1=Cc2c(C)ccc(C34CCC(c5ccc(C)cc5)(CC3)CC4)c2C1. The Bertz CT molecular complexity index is 870. The third kappa shape index (κ3) is 2.27. The van der Waals surface area contributed by atoms with Crippen LogP contribution in [-0.4, -0.2) is 0 Å². The molecule has 0 unspecified atom stereocenters. The van der Waals surface area contributed by atoms with Crippen LogP contribution < -0.4 is 0 Å². The Morgan fingerprint density at radius 3 is 1.96 bits per heavy atom. The predicted molar refractivity (Wildman–Crippen MR) is 111 cm³/mol. The van der Waals surface area contributed by atoms with Crippen molar-refractivity contribution in [2.45, 2.75) is 76.5 Å². The Kier molecular flexibility index (Phi) is 3.52. The number of rotatable bonds is 2. The summed E-state index contributed by atoms with van der Waals surface area (Å²) in [6.45, 7) is 6.77. The Morgan fingerprint density at radius 1 is 0.692 bits per heavy atom. The maximum absolute atomic E-state index is 2.49. The zero-order valence-electron chi connectivity index (χ0n) is 16.5. The van der Waals surface area contributed by atoms with Crippen molar-refractivity contribution in [2.24, 2.45) is 0 Å². The topological polar surface area (TPSA) is 0 Å². The summed E-state index contributed by atoms with van der Waals surface area (Å²) >= 11 is 0. The second-order valence-corrected chi connectivity index (χ2v) is 9.42. The van der Waals surface area contributed by atoms with Crippen molar-refractivity contribution in [1.82, 2.24) is 0 Å². The molecule has 0 heterocycles. The van der Waals surface area contributed by atoms with E-state index in [1.165, 1.54) is 67.2 Å². The van der Waals surface area contributed by atoms with E-state index in [4.69, 9.17) is 0 Å². The summed E-state index contributed by atoms with van der Waals surface area (Å²) in [7, 11) is 0. The van der Waals surface area contributed by atoms with Crippen LogP contribution in [0.4, 0.5) is 0 Å². The molecule has 3 saturated carbocycles. The van der Waals surface area contributed by atoms with Gasteiger partial charge in [0.25, 0.3) is 0 Å². The molecule has 0 spiro atoms. The zero-order chi connectivity index (χ0) is 17.9. The van der Waals surface area contributed by atoms with E-state index in [1.54, 1.807) is 16.7 Å². The quantitative estimate of drug-likeness (QED) is 0.562. The summed E-state index contributed by atoms with van der Waals surface area (Å²) in [5.74, 6) is 0. The van der Waals surface area contributed by atoms with Gasteiger partial charge in [0, 0.05) is 0 Å². The van der Waals surface area contributed by atoms with Crippen LogP contribution in [-0.2, 0) is 17.3 Å². The molecule has 0 amide bonds. The van der Waals surface area contributed by atoms with Gasteiger partial charge < -0.3 is 0 Å². The molecule has 134 valence electrons. The van der Waals surface area contributed by atoms with Crippen LogP contribution >= 0.6 is 0 Å². The molecule has 2 aromatic rings. The fourth-order valence-corrected chi connectivity index (χ4v) is 6.18. The van der Waals surface area contributed by atoms with Crippen LogP contribution in [0.1, 0.15) is 78.8 Å². The van der Waals surface area contributed by atoms with E-state index in [1.807, 2.05) is 0 Å². The Labute approximate surface area is 158 Å². The molecular weight excluding hydrogens is 312 g/mol. The van der Waals surface area contributed by atoms with E-state index in [9.17, 15) is 0 Å². The van der Waals surface area contributed by atoms with Gasteiger partial charge in [0.1, 0.15) is 0 Å². The number of benzene rings is 2. The molecule has 2 aromatic carbocycles. The first-order valence-electron chi connectivity index (χ1n) is 10.4. The van der Waals surface area contributed by atoms with Gasteiger partial charge in [-0.05, 0) is 104 Å². The van der Waals surface area contributed by atoms with Gasteiger partial charge in [0.15, 0.2) is 0 Å². The fraction of sp³-hybridized carbons (Fsp3) is 0.462. The van der Waals surface area contributed by atoms with Crippen molar-refractivity contribution in [3.05, 3.63) is 75.4 Å². The minimum absolute atomic E-state index is 0.447. The van der Waals surface area contributed by atoms with Crippen LogP contribution in [0, 0.1) is 13.8 Å². The first-order valence-corrected chi connectivity index (χ1v) is 10.4. The average molecular weight is 343 g/mol. The monoisotopic (exact) mass is 342 g/mol. The van der Waals surface area contributed by atoms with Crippen LogP contribution in [0.15, 0.2) is 42.0 Å². The van der Waals surface area contributed by atoms with Crippen molar-refractivity contribution in [2.75, 3.05) is 0 Å². The Morgan fingerprint density at radius 2 is 1.31 bits per heavy atom. The predicted octanol–water partition coefficient (Wildman–Crippen LogP) is 6.81. The molecule has 4 aliphatic carbocycles. The molecule has 4 aliphatic rings. The molecule has 0 nitrogen and oxygen atoms in total. The molecule has 0 aliphatic heterocycles. The normalized spacial score (nSPS) is 29.6. The molecule has 3 fully saturated rings. The molecular formula is C26H30. The summed E-state index contributed by atoms with van der Waals surface area (Å²) in [6, 6.07) is 14.3. The van der Waals surface area contributed by atoms with Gasteiger partial charge in [-0.3, -0.25) is 0 Å². The smallest absolute Gasteiger partial charge is 0.00429 e. The van der Waals surface area contributed by atoms with E-state index in [2.05, 4.69) is 63.2 Å². The second kappa shape index (κ2) is 5.59. The Hall–Kier alpha value is -1.82. The van der Waals surface area contributed by atoms with Gasteiger partial charge in [0.2, 0.25) is 0 Å². The van der Waals surface area contributed by atoms with Crippen LogP contribution in [0.5, 0.6) is 0 Å². The largest absolute Gasteiger partial charge is 0.0683 e. The number of fused-ring (bicyclic) bond motifs is 4. The summed E-state index contributed by atoms with van der Waals surface area (Å²) in [5, 5.41) is 0. The van der Waals surface area contributed by atoms with E-state index in [0.717, 1.165) is 0 Å². The molecule has 0 heteroatoms. The minimum atomic E-state index is 0.447. The maximum atomic E-state index is 2.49. The third-order valence-corrected chi connectivity index (χ3v) is 7.90. The molecule has 26 heavy (non-hydrogen) atoms. The lowest BCUT2D eigenvalue weighted by atomic mass is 9.50. The molecule has 0 atom stereocenters. The van der Waals surface area contributed by atoms with Gasteiger partial charge in [-0.1, -0.05) is 53.6 Å². The first-order chi connectivity index (χ1) is 12.5. The van der Waals surface area contributed by atoms with E-state index in [-0.39, 0.29) is 0 Å². The lowest BCUT2D eigenvalue weighted by Gasteiger charge is -2.54. The van der Waals surface area contributed by atoms with Crippen molar-refractivity contribution in [3.8, 4) is 0 Å². The van der Waals surface area contributed by atoms with Crippen molar-refractivity contribution in [3.63, 3.8) is 0 Å². The minimum Gasteiger partial charge on any atom is -0.0683 e. The zero-order valence-corrected chi connectivity index (χ0v) is 16.5. The lowest BCUT2D eigenvalue weighted by Crippen LogP contribution is -2.46.